The van der Waals surface area contributed by atoms with Crippen molar-refractivity contribution in [2.45, 2.75) is 24.8 Å². The number of nitrogens with one attached hydrogen (secondary N) is 1. The van der Waals surface area contributed by atoms with Crippen LogP contribution in [0.5, 0.6) is 5.75 Å². The van der Waals surface area contributed by atoms with Crippen LogP contribution < -0.4 is 10.1 Å². The zero-order valence-electron chi connectivity index (χ0n) is 16.5. The summed E-state index contributed by atoms with van der Waals surface area (Å²) in [6.45, 7) is 3.51. The van der Waals surface area contributed by atoms with Crippen molar-refractivity contribution in [2.24, 2.45) is 5.92 Å². The SMILES string of the molecule is CC(C)C(NC(=O)c1cc(S(=O)(=O)N(C)C)ccc1Cl)C(=O)Oc1ccccc1. The average Bonchev–Trinajstić information content (AvgIpc) is 2.66. The van der Waals surface area contributed by atoms with Crippen LogP contribution in [0.25, 0.3) is 0 Å². The number of hydrogen-bond donors (Lipinski definition) is 1. The molecule has 1 N–H and O–H groups in total. The predicted molar refractivity (Wildman–Crippen MR) is 110 cm³/mol. The summed E-state index contributed by atoms with van der Waals surface area (Å²) in [4.78, 5) is 25.2. The molecule has 0 aromatic heterocycles. The third kappa shape index (κ3) is 5.56. The van der Waals surface area contributed by atoms with Gasteiger partial charge in [0.25, 0.3) is 5.91 Å². The number of carbonyl (C=O) groups excluding carboxylic acids is 2. The van der Waals surface area contributed by atoms with E-state index in [0.29, 0.717) is 5.75 Å². The maximum Gasteiger partial charge on any atom is 0.334 e. The molecule has 0 saturated heterocycles. The van der Waals surface area contributed by atoms with E-state index in [-0.39, 0.29) is 21.4 Å². The smallest absolute Gasteiger partial charge is 0.334 e. The summed E-state index contributed by atoms with van der Waals surface area (Å²) in [5, 5.41) is 2.66. The molecular formula is C20H23ClN2O5S. The summed E-state index contributed by atoms with van der Waals surface area (Å²) in [5.41, 5.74) is -0.0484. The van der Waals surface area contributed by atoms with E-state index in [2.05, 4.69) is 5.32 Å². The zero-order chi connectivity index (χ0) is 21.8. The van der Waals surface area contributed by atoms with Gasteiger partial charge in [0.05, 0.1) is 15.5 Å². The van der Waals surface area contributed by atoms with Gasteiger partial charge in [-0.05, 0) is 36.2 Å². The molecule has 0 spiro atoms. The number of rotatable bonds is 7. The largest absolute Gasteiger partial charge is 0.425 e. The van der Waals surface area contributed by atoms with Crippen LogP contribution in [0.15, 0.2) is 53.4 Å². The normalized spacial score (nSPS) is 12.7. The zero-order valence-corrected chi connectivity index (χ0v) is 18.1. The van der Waals surface area contributed by atoms with Crippen LogP contribution in [0, 0.1) is 5.92 Å². The number of amides is 1. The topological polar surface area (TPSA) is 92.8 Å². The van der Waals surface area contributed by atoms with E-state index in [1.165, 1.54) is 32.3 Å². The lowest BCUT2D eigenvalue weighted by atomic mass is 10.0. The Labute approximate surface area is 175 Å². The Bertz CT molecular complexity index is 991. The molecule has 0 aliphatic carbocycles. The third-order valence-electron chi connectivity index (χ3n) is 4.13. The summed E-state index contributed by atoms with van der Waals surface area (Å²) >= 11 is 6.11. The van der Waals surface area contributed by atoms with E-state index < -0.39 is 27.9 Å². The summed E-state index contributed by atoms with van der Waals surface area (Å²) in [6, 6.07) is 11.4. The Hall–Kier alpha value is -2.42. The van der Waals surface area contributed by atoms with Gasteiger partial charge in [-0.25, -0.2) is 17.5 Å². The van der Waals surface area contributed by atoms with Crippen LogP contribution in [0.4, 0.5) is 0 Å². The Morgan fingerprint density at radius 1 is 1.07 bits per heavy atom. The van der Waals surface area contributed by atoms with E-state index in [9.17, 15) is 18.0 Å². The van der Waals surface area contributed by atoms with Crippen molar-refractivity contribution in [3.05, 3.63) is 59.1 Å². The molecular weight excluding hydrogens is 416 g/mol. The molecule has 1 atom stereocenters. The number of sulfonamides is 1. The second kappa shape index (κ2) is 9.39. The van der Waals surface area contributed by atoms with Crippen LogP contribution in [-0.2, 0) is 14.8 Å². The first-order valence-corrected chi connectivity index (χ1v) is 10.7. The fourth-order valence-corrected chi connectivity index (χ4v) is 3.57. The van der Waals surface area contributed by atoms with Crippen LogP contribution in [-0.4, -0.2) is 44.7 Å². The van der Waals surface area contributed by atoms with Gasteiger partial charge in [0.2, 0.25) is 10.0 Å². The van der Waals surface area contributed by atoms with E-state index in [4.69, 9.17) is 16.3 Å². The summed E-state index contributed by atoms with van der Waals surface area (Å²) < 4.78 is 31.0. The van der Waals surface area contributed by atoms with Crippen molar-refractivity contribution in [3.63, 3.8) is 0 Å². The molecule has 0 heterocycles. The van der Waals surface area contributed by atoms with Gasteiger partial charge in [0, 0.05) is 14.1 Å². The Morgan fingerprint density at radius 3 is 2.24 bits per heavy atom. The van der Waals surface area contributed by atoms with Crippen molar-refractivity contribution < 1.29 is 22.7 Å². The molecule has 7 nitrogen and oxygen atoms in total. The third-order valence-corrected chi connectivity index (χ3v) is 6.27. The van der Waals surface area contributed by atoms with Crippen molar-refractivity contribution in [3.8, 4) is 5.75 Å². The van der Waals surface area contributed by atoms with Crippen molar-refractivity contribution >= 4 is 33.5 Å². The minimum absolute atomic E-state index is 0.0484. The first-order valence-electron chi connectivity index (χ1n) is 8.83. The Morgan fingerprint density at radius 2 is 1.69 bits per heavy atom. The summed E-state index contributed by atoms with van der Waals surface area (Å²) in [5.74, 6) is -1.22. The molecule has 9 heteroatoms. The molecule has 0 aliphatic heterocycles. The van der Waals surface area contributed by atoms with E-state index in [1.54, 1.807) is 44.2 Å². The Kier molecular flexibility index (Phi) is 7.40. The molecule has 0 bridgehead atoms. The molecule has 1 unspecified atom stereocenters. The second-order valence-electron chi connectivity index (χ2n) is 6.86. The summed E-state index contributed by atoms with van der Waals surface area (Å²) in [7, 11) is -0.974. The molecule has 0 saturated carbocycles. The monoisotopic (exact) mass is 438 g/mol. The molecule has 0 radical (unpaired) electrons. The van der Waals surface area contributed by atoms with Gasteiger partial charge in [-0.3, -0.25) is 4.79 Å². The number of para-hydroxylation sites is 1. The van der Waals surface area contributed by atoms with E-state index in [1.807, 2.05) is 0 Å². The first kappa shape index (κ1) is 22.9. The van der Waals surface area contributed by atoms with Crippen molar-refractivity contribution in [2.75, 3.05) is 14.1 Å². The number of ether oxygens (including phenoxy) is 1. The summed E-state index contributed by atoms with van der Waals surface area (Å²) in [6.07, 6.45) is 0. The lowest BCUT2D eigenvalue weighted by Gasteiger charge is -2.21. The maximum absolute atomic E-state index is 12.8. The van der Waals surface area contributed by atoms with Crippen LogP contribution in [0.3, 0.4) is 0 Å². The molecule has 156 valence electrons. The predicted octanol–water partition coefficient (Wildman–Crippen LogP) is 2.95. The molecule has 2 aromatic rings. The van der Waals surface area contributed by atoms with Gasteiger partial charge in [-0.1, -0.05) is 43.6 Å². The highest BCUT2D eigenvalue weighted by molar-refractivity contribution is 7.89. The van der Waals surface area contributed by atoms with Crippen LogP contribution in [0.1, 0.15) is 24.2 Å². The lowest BCUT2D eigenvalue weighted by Crippen LogP contribution is -2.46. The minimum Gasteiger partial charge on any atom is -0.425 e. The molecule has 0 fully saturated rings. The highest BCUT2D eigenvalue weighted by Crippen LogP contribution is 2.23. The average molecular weight is 439 g/mol. The van der Waals surface area contributed by atoms with E-state index in [0.717, 1.165) is 4.31 Å². The van der Waals surface area contributed by atoms with Gasteiger partial charge < -0.3 is 10.1 Å². The number of benzene rings is 2. The standard InChI is InChI=1S/C20H23ClN2O5S/c1-13(2)18(20(25)28-14-8-6-5-7-9-14)22-19(24)16-12-15(10-11-17(16)21)29(26,27)23(3)4/h5-13,18H,1-4H3,(H,22,24). The molecule has 2 rings (SSSR count). The number of nitrogens with zero attached hydrogens (tertiary/aromatic N) is 1. The Balaban J connectivity index is 2.27. The van der Waals surface area contributed by atoms with Gasteiger partial charge in [0.1, 0.15) is 11.8 Å². The van der Waals surface area contributed by atoms with Gasteiger partial charge in [-0.15, -0.1) is 0 Å². The van der Waals surface area contributed by atoms with Gasteiger partial charge in [-0.2, -0.15) is 0 Å². The second-order valence-corrected chi connectivity index (χ2v) is 9.42. The molecule has 0 aliphatic rings. The van der Waals surface area contributed by atoms with E-state index >= 15 is 0 Å². The molecule has 1 amide bonds. The maximum atomic E-state index is 12.8. The fraction of sp³-hybridized carbons (Fsp3) is 0.300. The number of carbonyl (C=O) groups is 2. The highest BCUT2D eigenvalue weighted by atomic mass is 35.5. The molecule has 29 heavy (non-hydrogen) atoms. The minimum atomic E-state index is -3.75. The van der Waals surface area contributed by atoms with Crippen LogP contribution >= 0.6 is 11.6 Å². The quantitative estimate of drug-likeness (QED) is 0.530. The van der Waals surface area contributed by atoms with Crippen LogP contribution in [0.2, 0.25) is 5.02 Å². The number of halogens is 1. The van der Waals surface area contributed by atoms with Crippen molar-refractivity contribution in [1.29, 1.82) is 0 Å². The number of esters is 1. The fourth-order valence-electron chi connectivity index (χ4n) is 2.43. The number of hydrogen-bond acceptors (Lipinski definition) is 5. The van der Waals surface area contributed by atoms with Crippen molar-refractivity contribution in [1.82, 2.24) is 9.62 Å². The first-order chi connectivity index (χ1) is 13.5. The van der Waals surface area contributed by atoms with Gasteiger partial charge in [0.15, 0.2) is 0 Å². The highest BCUT2D eigenvalue weighted by Gasteiger charge is 2.28. The lowest BCUT2D eigenvalue weighted by molar-refractivity contribution is -0.137. The molecule has 2 aromatic carbocycles. The van der Waals surface area contributed by atoms with Gasteiger partial charge >= 0.3 is 5.97 Å².